The number of amides is 1. The van der Waals surface area contributed by atoms with Gasteiger partial charge in [-0.3, -0.25) is 4.79 Å². The Kier molecular flexibility index (Phi) is 6.21. The Labute approximate surface area is 128 Å². The van der Waals surface area contributed by atoms with Gasteiger partial charge in [-0.15, -0.1) is 0 Å². The number of anilines is 1. The zero-order valence-electron chi connectivity index (χ0n) is 13.8. The van der Waals surface area contributed by atoms with E-state index in [1.807, 2.05) is 18.2 Å². The molecule has 1 aromatic carbocycles. The molecule has 0 heterocycles. The van der Waals surface area contributed by atoms with Crippen LogP contribution in [0.2, 0.25) is 0 Å². The third-order valence-electron chi connectivity index (χ3n) is 3.45. The number of carbonyl (C=O) groups excluding carboxylic acids is 1. The van der Waals surface area contributed by atoms with Crippen LogP contribution in [0.5, 0.6) is 5.75 Å². The molecule has 21 heavy (non-hydrogen) atoms. The second kappa shape index (κ2) is 7.46. The molecule has 1 aromatic rings. The summed E-state index contributed by atoms with van der Waals surface area (Å²) in [6, 6.07) is 5.80. The van der Waals surface area contributed by atoms with Gasteiger partial charge < -0.3 is 15.8 Å². The molecule has 0 radical (unpaired) electrons. The predicted octanol–water partition coefficient (Wildman–Crippen LogP) is 3.45. The lowest BCUT2D eigenvalue weighted by Crippen LogP contribution is -2.27. The summed E-state index contributed by atoms with van der Waals surface area (Å²) in [6.07, 6.45) is 2.17. The van der Waals surface area contributed by atoms with Gasteiger partial charge >= 0.3 is 0 Å². The third kappa shape index (κ3) is 5.38. The highest BCUT2D eigenvalue weighted by Crippen LogP contribution is 2.31. The van der Waals surface area contributed by atoms with Crippen molar-refractivity contribution in [2.75, 3.05) is 12.4 Å². The van der Waals surface area contributed by atoms with Gasteiger partial charge in [0, 0.05) is 12.5 Å². The van der Waals surface area contributed by atoms with E-state index in [4.69, 9.17) is 10.5 Å². The van der Waals surface area contributed by atoms with E-state index >= 15 is 0 Å². The Balaban J connectivity index is 2.87. The predicted molar refractivity (Wildman–Crippen MR) is 87.8 cm³/mol. The summed E-state index contributed by atoms with van der Waals surface area (Å²) in [6.45, 7) is 8.47. The molecule has 118 valence electrons. The first-order valence-electron chi connectivity index (χ1n) is 7.52. The summed E-state index contributed by atoms with van der Waals surface area (Å²) in [4.78, 5) is 12.1. The highest BCUT2D eigenvalue weighted by atomic mass is 16.5. The molecule has 0 spiro atoms. The Hall–Kier alpha value is -1.55. The number of nitrogens with one attached hydrogen (secondary N) is 1. The summed E-state index contributed by atoms with van der Waals surface area (Å²) in [5.41, 5.74) is 7.79. The Morgan fingerprint density at radius 2 is 2.05 bits per heavy atom. The van der Waals surface area contributed by atoms with Crippen molar-refractivity contribution in [2.24, 2.45) is 5.73 Å². The number of nitrogens with two attached hydrogens (primary N) is 1. The topological polar surface area (TPSA) is 64.4 Å². The number of carbonyl (C=O) groups is 1. The maximum Gasteiger partial charge on any atom is 0.226 e. The number of hydrogen-bond donors (Lipinski definition) is 2. The van der Waals surface area contributed by atoms with E-state index < -0.39 is 0 Å². The van der Waals surface area contributed by atoms with Crippen molar-refractivity contribution < 1.29 is 9.53 Å². The van der Waals surface area contributed by atoms with Crippen molar-refractivity contribution in [2.45, 2.75) is 58.4 Å². The number of ether oxygens (including phenoxy) is 1. The lowest BCUT2D eigenvalue weighted by molar-refractivity contribution is -0.116. The molecule has 1 unspecified atom stereocenters. The standard InChI is InChI=1S/C17H28N2O2/c1-6-7-13(18)11-16(20)19-14-10-12(17(2,3)4)8-9-15(14)21-5/h8-10,13H,6-7,11,18H2,1-5H3,(H,19,20). The molecule has 0 aliphatic rings. The molecule has 0 bridgehead atoms. The maximum atomic E-state index is 12.1. The molecule has 1 amide bonds. The van der Waals surface area contributed by atoms with E-state index in [0.29, 0.717) is 17.9 Å². The van der Waals surface area contributed by atoms with Crippen LogP contribution in [-0.4, -0.2) is 19.1 Å². The van der Waals surface area contributed by atoms with Crippen LogP contribution in [0.25, 0.3) is 0 Å². The first-order chi connectivity index (χ1) is 9.77. The van der Waals surface area contributed by atoms with Gasteiger partial charge in [0.1, 0.15) is 5.75 Å². The van der Waals surface area contributed by atoms with Crippen LogP contribution in [-0.2, 0) is 10.2 Å². The summed E-state index contributed by atoms with van der Waals surface area (Å²) in [7, 11) is 1.60. The molecule has 3 N–H and O–H groups in total. The molecule has 1 rings (SSSR count). The normalized spacial score (nSPS) is 12.9. The SMILES string of the molecule is CCCC(N)CC(=O)Nc1cc(C(C)(C)C)ccc1OC. The summed E-state index contributed by atoms with van der Waals surface area (Å²) >= 11 is 0. The fourth-order valence-electron chi connectivity index (χ4n) is 2.18. The van der Waals surface area contributed by atoms with Gasteiger partial charge in [-0.05, 0) is 29.5 Å². The average molecular weight is 292 g/mol. The number of benzene rings is 1. The van der Waals surface area contributed by atoms with E-state index in [0.717, 1.165) is 18.4 Å². The van der Waals surface area contributed by atoms with Crippen LogP contribution in [0, 0.1) is 0 Å². The quantitative estimate of drug-likeness (QED) is 0.844. The minimum Gasteiger partial charge on any atom is -0.495 e. The van der Waals surface area contributed by atoms with Gasteiger partial charge in [-0.25, -0.2) is 0 Å². The molecule has 0 aliphatic heterocycles. The second-order valence-corrected chi connectivity index (χ2v) is 6.47. The number of rotatable bonds is 6. The highest BCUT2D eigenvalue weighted by Gasteiger charge is 2.17. The molecular formula is C17H28N2O2. The van der Waals surface area contributed by atoms with Gasteiger partial charge in [0.2, 0.25) is 5.91 Å². The van der Waals surface area contributed by atoms with E-state index in [1.165, 1.54) is 0 Å². The maximum absolute atomic E-state index is 12.1. The van der Waals surface area contributed by atoms with Crippen molar-refractivity contribution in [1.82, 2.24) is 0 Å². The van der Waals surface area contributed by atoms with Crippen molar-refractivity contribution in [3.05, 3.63) is 23.8 Å². The minimum atomic E-state index is -0.0909. The van der Waals surface area contributed by atoms with E-state index in [9.17, 15) is 4.79 Å². The smallest absolute Gasteiger partial charge is 0.226 e. The van der Waals surface area contributed by atoms with Crippen molar-refractivity contribution >= 4 is 11.6 Å². The Morgan fingerprint density at radius 1 is 1.38 bits per heavy atom. The summed E-state index contributed by atoms with van der Waals surface area (Å²) < 4.78 is 5.32. The number of hydrogen-bond acceptors (Lipinski definition) is 3. The zero-order chi connectivity index (χ0) is 16.0. The van der Waals surface area contributed by atoms with Crippen LogP contribution >= 0.6 is 0 Å². The fraction of sp³-hybridized carbons (Fsp3) is 0.588. The molecule has 0 saturated heterocycles. The number of methoxy groups -OCH3 is 1. The van der Waals surface area contributed by atoms with Gasteiger partial charge in [0.25, 0.3) is 0 Å². The molecule has 0 fully saturated rings. The zero-order valence-corrected chi connectivity index (χ0v) is 13.8. The summed E-state index contributed by atoms with van der Waals surface area (Å²) in [5, 5.41) is 2.92. The molecule has 0 saturated carbocycles. The van der Waals surface area contributed by atoms with Crippen LogP contribution in [0.15, 0.2) is 18.2 Å². The lowest BCUT2D eigenvalue weighted by atomic mass is 9.87. The molecule has 0 aliphatic carbocycles. The van der Waals surface area contributed by atoms with E-state index in [1.54, 1.807) is 7.11 Å². The van der Waals surface area contributed by atoms with Crippen LogP contribution in [0.4, 0.5) is 5.69 Å². The minimum absolute atomic E-state index is 0.0182. The van der Waals surface area contributed by atoms with Crippen LogP contribution < -0.4 is 15.8 Å². The molecule has 4 nitrogen and oxygen atoms in total. The van der Waals surface area contributed by atoms with Crippen molar-refractivity contribution in [3.8, 4) is 5.75 Å². The first-order valence-corrected chi connectivity index (χ1v) is 7.52. The van der Waals surface area contributed by atoms with Gasteiger partial charge in [0.15, 0.2) is 0 Å². The van der Waals surface area contributed by atoms with Gasteiger partial charge in [0.05, 0.1) is 12.8 Å². The molecular weight excluding hydrogens is 264 g/mol. The Bertz CT molecular complexity index is 478. The van der Waals surface area contributed by atoms with Gasteiger partial charge in [-0.1, -0.05) is 40.2 Å². The largest absolute Gasteiger partial charge is 0.495 e. The monoisotopic (exact) mass is 292 g/mol. The average Bonchev–Trinajstić information content (AvgIpc) is 2.37. The lowest BCUT2D eigenvalue weighted by Gasteiger charge is -2.21. The van der Waals surface area contributed by atoms with Crippen molar-refractivity contribution in [1.29, 1.82) is 0 Å². The molecule has 4 heteroatoms. The Morgan fingerprint density at radius 3 is 2.57 bits per heavy atom. The molecule has 1 atom stereocenters. The second-order valence-electron chi connectivity index (χ2n) is 6.47. The fourth-order valence-corrected chi connectivity index (χ4v) is 2.18. The van der Waals surface area contributed by atoms with Crippen LogP contribution in [0.1, 0.15) is 52.5 Å². The third-order valence-corrected chi connectivity index (χ3v) is 3.45. The first kappa shape index (κ1) is 17.5. The van der Waals surface area contributed by atoms with Crippen LogP contribution in [0.3, 0.4) is 0 Å². The highest BCUT2D eigenvalue weighted by molar-refractivity contribution is 5.92. The van der Waals surface area contributed by atoms with Gasteiger partial charge in [-0.2, -0.15) is 0 Å². The molecule has 0 aromatic heterocycles. The van der Waals surface area contributed by atoms with E-state index in [2.05, 4.69) is 33.0 Å². The van der Waals surface area contributed by atoms with Crippen molar-refractivity contribution in [3.63, 3.8) is 0 Å². The summed E-state index contributed by atoms with van der Waals surface area (Å²) in [5.74, 6) is 0.598. The van der Waals surface area contributed by atoms with E-state index in [-0.39, 0.29) is 17.4 Å².